The van der Waals surface area contributed by atoms with E-state index in [0.29, 0.717) is 12.1 Å². The van der Waals surface area contributed by atoms with Gasteiger partial charge in [-0.15, -0.1) is 0 Å². The Balaban J connectivity index is 1.33. The molecule has 2 atom stereocenters. The number of hydrogen-bond donors (Lipinski definition) is 0. The highest BCUT2D eigenvalue weighted by Gasteiger charge is 2.58. The van der Waals surface area contributed by atoms with Crippen LogP contribution in [0.2, 0.25) is 0 Å². The average Bonchev–Trinajstić information content (AvgIpc) is 3.66. The number of ether oxygens (including phenoxy) is 1. The quantitative estimate of drug-likeness (QED) is 0.240. The van der Waals surface area contributed by atoms with Crippen molar-refractivity contribution in [2.45, 2.75) is 63.3 Å². The van der Waals surface area contributed by atoms with E-state index in [1.165, 1.54) is 39.8 Å². The maximum Gasteiger partial charge on any atom is 0.417 e. The number of carbonyl (C=O) groups excluding carboxylic acids is 4. The molecule has 11 nitrogen and oxygen atoms in total. The summed E-state index contributed by atoms with van der Waals surface area (Å²) in [5, 5.41) is 18.2. The first-order valence-electron chi connectivity index (χ1n) is 13.9. The first kappa shape index (κ1) is 33.2. The van der Waals surface area contributed by atoms with Crippen LogP contribution in [0.1, 0.15) is 49.9 Å². The highest BCUT2D eigenvalue weighted by Crippen LogP contribution is 2.42. The summed E-state index contributed by atoms with van der Waals surface area (Å²) in [6.45, 7) is 4.56. The van der Waals surface area contributed by atoms with E-state index in [0.717, 1.165) is 43.9 Å². The zero-order valence-electron chi connectivity index (χ0n) is 25.0. The van der Waals surface area contributed by atoms with Crippen LogP contribution >= 0.6 is 0 Å². The van der Waals surface area contributed by atoms with E-state index in [2.05, 4.69) is 0 Å². The van der Waals surface area contributed by atoms with Crippen molar-refractivity contribution in [1.82, 2.24) is 9.80 Å². The fraction of sp³-hybridized carbons (Fsp3) is 0.400. The Hall–Kier alpha value is -5.16. The lowest BCUT2D eigenvalue weighted by Crippen LogP contribution is -2.44. The Morgan fingerprint density at radius 2 is 1.02 bits per heavy atom. The van der Waals surface area contributed by atoms with Crippen LogP contribution in [0.3, 0.4) is 0 Å². The van der Waals surface area contributed by atoms with Gasteiger partial charge in [-0.25, -0.2) is 9.59 Å². The lowest BCUT2D eigenvalue weighted by molar-refractivity contribution is -0.138. The summed E-state index contributed by atoms with van der Waals surface area (Å²) in [5.74, 6) is -1.53. The molecule has 246 valence electrons. The predicted octanol–water partition coefficient (Wildman–Crippen LogP) is 5.03. The van der Waals surface area contributed by atoms with E-state index in [9.17, 15) is 45.5 Å². The smallest absolute Gasteiger partial charge is 0.366 e. The van der Waals surface area contributed by atoms with Crippen molar-refractivity contribution in [3.8, 4) is 12.1 Å². The zero-order chi connectivity index (χ0) is 35.0. The topological polar surface area (TPSA) is 141 Å². The van der Waals surface area contributed by atoms with Gasteiger partial charge in [0.1, 0.15) is 23.3 Å². The van der Waals surface area contributed by atoms with Crippen molar-refractivity contribution in [2.24, 2.45) is 0 Å². The summed E-state index contributed by atoms with van der Waals surface area (Å²) >= 11 is 0. The van der Waals surface area contributed by atoms with Gasteiger partial charge in [0.25, 0.3) is 11.8 Å². The number of imide groups is 2. The molecule has 3 heterocycles. The second-order valence-electron chi connectivity index (χ2n) is 12.1. The molecular weight excluding hydrogens is 638 g/mol. The Morgan fingerprint density at radius 1 is 0.681 bits per heavy atom. The predicted molar refractivity (Wildman–Crippen MR) is 148 cm³/mol. The van der Waals surface area contributed by atoms with Gasteiger partial charge in [-0.2, -0.15) is 36.9 Å². The minimum atomic E-state index is -4.91. The van der Waals surface area contributed by atoms with Gasteiger partial charge < -0.3 is 4.74 Å². The molecular formula is C30H24F6N6O5. The summed E-state index contributed by atoms with van der Waals surface area (Å²) in [7, 11) is 0. The van der Waals surface area contributed by atoms with Gasteiger partial charge in [0.2, 0.25) is 0 Å². The number of hydrogen-bond acceptors (Lipinski definition) is 7. The summed E-state index contributed by atoms with van der Waals surface area (Å²) < 4.78 is 87.1. The van der Waals surface area contributed by atoms with Crippen molar-refractivity contribution in [3.63, 3.8) is 0 Å². The number of carbonyl (C=O) groups is 4. The first-order valence-corrected chi connectivity index (χ1v) is 13.9. The van der Waals surface area contributed by atoms with E-state index >= 15 is 0 Å². The highest BCUT2D eigenvalue weighted by atomic mass is 19.4. The van der Waals surface area contributed by atoms with Crippen molar-refractivity contribution in [3.05, 3.63) is 58.7 Å². The van der Waals surface area contributed by atoms with Gasteiger partial charge in [-0.1, -0.05) is 0 Å². The summed E-state index contributed by atoms with van der Waals surface area (Å²) in [5.41, 5.74) is -7.74. The molecule has 3 saturated heterocycles. The van der Waals surface area contributed by atoms with Crippen molar-refractivity contribution < 1.29 is 50.3 Å². The van der Waals surface area contributed by atoms with E-state index < -0.39 is 81.8 Å². The SMILES string of the molecule is CC1(C)C(=O)N(C[C@@H]2O[C@@H]2CN2C(=O)N(c3ccc(C#N)c(C(F)(F)F)c3)C(C)(C)C2=O)C(=O)N1c1ccc(C#N)c(C(F)(F)F)c1. The van der Waals surface area contributed by atoms with Crippen molar-refractivity contribution >= 4 is 35.3 Å². The van der Waals surface area contributed by atoms with Crippen LogP contribution in [0, 0.1) is 22.7 Å². The molecule has 0 saturated carbocycles. The van der Waals surface area contributed by atoms with Crippen molar-refractivity contribution in [1.29, 1.82) is 10.5 Å². The monoisotopic (exact) mass is 662 g/mol. The molecule has 3 aliphatic rings. The van der Waals surface area contributed by atoms with Crippen LogP contribution in [-0.2, 0) is 26.7 Å². The molecule has 2 aromatic rings. The second kappa shape index (κ2) is 10.7. The molecule has 6 amide bonds. The molecule has 47 heavy (non-hydrogen) atoms. The molecule has 0 spiro atoms. The van der Waals surface area contributed by atoms with Crippen LogP contribution in [0.5, 0.6) is 0 Å². The van der Waals surface area contributed by atoms with Gasteiger partial charge in [-0.05, 0) is 64.1 Å². The van der Waals surface area contributed by atoms with Gasteiger partial charge >= 0.3 is 24.4 Å². The van der Waals surface area contributed by atoms with Gasteiger partial charge in [0, 0.05) is 11.4 Å². The van der Waals surface area contributed by atoms with E-state index in [-0.39, 0.29) is 24.5 Å². The van der Waals surface area contributed by atoms with Crippen molar-refractivity contribution in [2.75, 3.05) is 22.9 Å². The summed E-state index contributed by atoms with van der Waals surface area (Å²) in [4.78, 5) is 56.6. The molecule has 5 rings (SSSR count). The van der Waals surface area contributed by atoms with Crippen LogP contribution in [0.4, 0.5) is 47.3 Å². The average molecular weight is 663 g/mol. The number of urea groups is 2. The minimum absolute atomic E-state index is 0.275. The molecule has 2 aromatic carbocycles. The van der Waals surface area contributed by atoms with Crippen LogP contribution < -0.4 is 9.80 Å². The fourth-order valence-corrected chi connectivity index (χ4v) is 5.80. The van der Waals surface area contributed by atoms with Gasteiger partial charge in [-0.3, -0.25) is 29.2 Å². The molecule has 0 aromatic heterocycles. The highest BCUT2D eigenvalue weighted by molar-refractivity contribution is 6.17. The number of nitriles is 2. The third kappa shape index (κ3) is 5.40. The maximum absolute atomic E-state index is 13.6. The number of epoxide rings is 1. The second-order valence-corrected chi connectivity index (χ2v) is 12.1. The molecule has 0 aliphatic carbocycles. The Labute approximate surface area is 263 Å². The normalized spacial score (nSPS) is 22.2. The Morgan fingerprint density at radius 3 is 1.32 bits per heavy atom. The Bertz CT molecular complexity index is 1680. The number of benzene rings is 2. The van der Waals surface area contributed by atoms with E-state index in [1.54, 1.807) is 0 Å². The van der Waals surface area contributed by atoms with Crippen LogP contribution in [-0.4, -0.2) is 70.1 Å². The van der Waals surface area contributed by atoms with E-state index in [4.69, 9.17) is 15.3 Å². The lowest BCUT2D eigenvalue weighted by Gasteiger charge is -2.28. The van der Waals surface area contributed by atoms with Crippen LogP contribution in [0.15, 0.2) is 36.4 Å². The van der Waals surface area contributed by atoms with Gasteiger partial charge in [0.15, 0.2) is 0 Å². The number of anilines is 2. The van der Waals surface area contributed by atoms with Gasteiger partial charge in [0.05, 0.1) is 47.5 Å². The molecule has 0 radical (unpaired) electrons. The standard InChI is InChI=1S/C30H24F6N6O5/c1-27(2)23(43)39(25(45)41(27)17-7-5-15(11-37)19(9-17)29(31,32)33)13-21-22(47-21)14-40-24(44)28(3,4)42(26(40)46)18-8-6-16(12-38)20(10-18)30(34,35)36/h5-10,21-22H,13-14H2,1-4H3/t21-,22+. The molecule has 0 bridgehead atoms. The molecule has 3 aliphatic heterocycles. The molecule has 3 fully saturated rings. The summed E-state index contributed by atoms with van der Waals surface area (Å²) in [6.07, 6.45) is -11.6. The number of alkyl halides is 6. The minimum Gasteiger partial charge on any atom is -0.366 e. The molecule has 0 N–H and O–H groups in total. The summed E-state index contributed by atoms with van der Waals surface area (Å²) in [6, 6.07) is 6.19. The Kier molecular flexibility index (Phi) is 7.56. The largest absolute Gasteiger partial charge is 0.417 e. The maximum atomic E-state index is 13.6. The fourth-order valence-electron chi connectivity index (χ4n) is 5.80. The zero-order valence-corrected chi connectivity index (χ0v) is 25.0. The van der Waals surface area contributed by atoms with E-state index in [1.807, 2.05) is 0 Å². The number of nitrogens with zero attached hydrogens (tertiary/aromatic N) is 6. The third-order valence-corrected chi connectivity index (χ3v) is 8.29. The molecule has 0 unspecified atom stereocenters. The first-order chi connectivity index (χ1) is 21.7. The number of amides is 6. The third-order valence-electron chi connectivity index (χ3n) is 8.29. The number of rotatable bonds is 6. The van der Waals surface area contributed by atoms with Crippen LogP contribution in [0.25, 0.3) is 0 Å². The lowest BCUT2D eigenvalue weighted by atomic mass is 10.0. The number of halogens is 6. The molecule has 17 heteroatoms.